The highest BCUT2D eigenvalue weighted by atomic mass is 16.2. The van der Waals surface area contributed by atoms with Gasteiger partial charge < -0.3 is 31.8 Å². The predicted octanol–water partition coefficient (Wildman–Crippen LogP) is 0.273. The number of hydrogen-bond acceptors (Lipinski definition) is 5. The number of likely N-dealkylation sites (N-methyl/N-ethyl adjacent to an activating group) is 1. The number of aldehydes is 1. The van der Waals surface area contributed by atoms with Crippen molar-refractivity contribution >= 4 is 24.1 Å². The second kappa shape index (κ2) is 12.5. The Morgan fingerprint density at radius 3 is 2.53 bits per heavy atom. The first-order chi connectivity index (χ1) is 14.5. The molecule has 0 aromatic heterocycles. The zero-order chi connectivity index (χ0) is 21.9. The molecule has 3 atom stereocenters. The number of carbonyl (C=O) groups is 3. The summed E-state index contributed by atoms with van der Waals surface area (Å²) in [5, 5.41) is 5.96. The van der Waals surface area contributed by atoms with Crippen LogP contribution >= 0.6 is 0 Å². The zero-order valence-electron chi connectivity index (χ0n) is 18.1. The summed E-state index contributed by atoms with van der Waals surface area (Å²) in [5.74, 6) is 0.317. The van der Waals surface area contributed by atoms with Crippen molar-refractivity contribution in [1.29, 1.82) is 0 Å². The highest BCUT2D eigenvalue weighted by molar-refractivity contribution is 5.91. The van der Waals surface area contributed by atoms with Crippen LogP contribution in [0.25, 0.3) is 0 Å². The molecule has 1 aliphatic carbocycles. The standard InChI is InChI=1S/C21H38N6O3/c1-24-17(13-15-7-3-2-4-8-15)20(30)27-12-6-10-18(27)19(29)26-16(14-28)9-5-11-25-21(22)23/h14-18,24H,2-13H2,1H3,(H,26,29)(H4,22,23,25)/t16-,17+,18-/m0/s1. The Hall–Kier alpha value is -2.16. The average Bonchev–Trinajstić information content (AvgIpc) is 3.24. The zero-order valence-corrected chi connectivity index (χ0v) is 18.1. The quantitative estimate of drug-likeness (QED) is 0.163. The molecule has 2 rings (SSSR count). The number of guanidine groups is 1. The maximum Gasteiger partial charge on any atom is 0.243 e. The van der Waals surface area contributed by atoms with Crippen molar-refractivity contribution in [3.63, 3.8) is 0 Å². The van der Waals surface area contributed by atoms with Gasteiger partial charge in [0.05, 0.1) is 12.1 Å². The molecule has 1 heterocycles. The number of rotatable bonds is 11. The first-order valence-electron chi connectivity index (χ1n) is 11.2. The smallest absolute Gasteiger partial charge is 0.243 e. The van der Waals surface area contributed by atoms with E-state index in [1.165, 1.54) is 32.1 Å². The molecule has 9 heteroatoms. The van der Waals surface area contributed by atoms with Crippen LogP contribution in [0, 0.1) is 5.92 Å². The number of amides is 2. The van der Waals surface area contributed by atoms with Gasteiger partial charge in [-0.15, -0.1) is 0 Å². The molecule has 1 saturated carbocycles. The molecule has 2 aliphatic rings. The van der Waals surface area contributed by atoms with Gasteiger partial charge in [0.15, 0.2) is 5.96 Å². The molecule has 0 aromatic rings. The third kappa shape index (κ3) is 7.27. The van der Waals surface area contributed by atoms with E-state index in [1.807, 2.05) is 7.05 Å². The van der Waals surface area contributed by atoms with E-state index in [4.69, 9.17) is 11.5 Å². The maximum absolute atomic E-state index is 13.2. The largest absolute Gasteiger partial charge is 0.370 e. The number of nitrogens with zero attached hydrogens (tertiary/aromatic N) is 2. The molecule has 0 radical (unpaired) electrons. The van der Waals surface area contributed by atoms with Gasteiger partial charge in [-0.3, -0.25) is 14.6 Å². The van der Waals surface area contributed by atoms with E-state index in [-0.39, 0.29) is 23.8 Å². The summed E-state index contributed by atoms with van der Waals surface area (Å²) in [6, 6.07) is -1.38. The minimum absolute atomic E-state index is 0.00358. The van der Waals surface area contributed by atoms with E-state index in [2.05, 4.69) is 15.6 Å². The van der Waals surface area contributed by atoms with Crippen molar-refractivity contribution in [3.8, 4) is 0 Å². The van der Waals surface area contributed by atoms with Crippen molar-refractivity contribution < 1.29 is 14.4 Å². The molecule has 0 aromatic carbocycles. The normalized spacial score (nSPS) is 21.6. The van der Waals surface area contributed by atoms with Gasteiger partial charge in [-0.1, -0.05) is 32.1 Å². The second-order valence-corrected chi connectivity index (χ2v) is 8.47. The number of likely N-dealkylation sites (tertiary alicyclic amines) is 1. The van der Waals surface area contributed by atoms with Crippen LogP contribution in [0.4, 0.5) is 0 Å². The Balaban J connectivity index is 1.90. The maximum atomic E-state index is 13.2. The molecular formula is C21H38N6O3. The van der Waals surface area contributed by atoms with Crippen LogP contribution in [0.15, 0.2) is 4.99 Å². The van der Waals surface area contributed by atoms with Crippen LogP contribution in [0.5, 0.6) is 0 Å². The lowest BCUT2D eigenvalue weighted by atomic mass is 9.84. The van der Waals surface area contributed by atoms with Crippen molar-refractivity contribution in [1.82, 2.24) is 15.5 Å². The SMILES string of the molecule is CN[C@H](CC1CCCCC1)C(=O)N1CCC[C@H]1C(=O)N[C@H](C=O)CCCN=C(N)N. The number of nitrogens with one attached hydrogen (secondary N) is 2. The molecule has 170 valence electrons. The van der Waals surface area contributed by atoms with E-state index < -0.39 is 12.1 Å². The number of aliphatic imine (C=N–C) groups is 1. The third-order valence-electron chi connectivity index (χ3n) is 6.24. The van der Waals surface area contributed by atoms with Crippen molar-refractivity contribution in [2.75, 3.05) is 20.1 Å². The summed E-state index contributed by atoms with van der Waals surface area (Å²) >= 11 is 0. The predicted molar refractivity (Wildman–Crippen MR) is 117 cm³/mol. The van der Waals surface area contributed by atoms with Gasteiger partial charge >= 0.3 is 0 Å². The minimum atomic E-state index is -0.605. The Kier molecular flexibility index (Phi) is 10.1. The lowest BCUT2D eigenvalue weighted by Crippen LogP contribution is -2.53. The summed E-state index contributed by atoms with van der Waals surface area (Å²) in [6.45, 7) is 0.984. The number of nitrogens with two attached hydrogens (primary N) is 2. The summed E-state index contributed by atoms with van der Waals surface area (Å²) in [7, 11) is 1.82. The monoisotopic (exact) mass is 422 g/mol. The van der Waals surface area contributed by atoms with Gasteiger partial charge in [-0.2, -0.15) is 0 Å². The van der Waals surface area contributed by atoms with Crippen molar-refractivity contribution in [3.05, 3.63) is 0 Å². The van der Waals surface area contributed by atoms with Gasteiger partial charge in [0.1, 0.15) is 12.3 Å². The van der Waals surface area contributed by atoms with Gasteiger partial charge in [0.2, 0.25) is 11.8 Å². The molecule has 2 fully saturated rings. The van der Waals surface area contributed by atoms with E-state index in [0.29, 0.717) is 38.3 Å². The summed E-state index contributed by atoms with van der Waals surface area (Å²) in [4.78, 5) is 43.0. The molecule has 30 heavy (non-hydrogen) atoms. The van der Waals surface area contributed by atoms with Crippen LogP contribution in [-0.4, -0.2) is 67.2 Å². The van der Waals surface area contributed by atoms with Crippen molar-refractivity contribution in [2.45, 2.75) is 82.3 Å². The van der Waals surface area contributed by atoms with E-state index >= 15 is 0 Å². The Morgan fingerprint density at radius 2 is 1.90 bits per heavy atom. The highest BCUT2D eigenvalue weighted by Gasteiger charge is 2.37. The summed E-state index contributed by atoms with van der Waals surface area (Å²) in [6.07, 6.45) is 10.1. The molecule has 2 amide bonds. The number of carbonyl (C=O) groups excluding carboxylic acids is 3. The number of hydrogen-bond donors (Lipinski definition) is 4. The molecule has 9 nitrogen and oxygen atoms in total. The topological polar surface area (TPSA) is 143 Å². The minimum Gasteiger partial charge on any atom is -0.370 e. The van der Waals surface area contributed by atoms with Gasteiger partial charge in [0.25, 0.3) is 0 Å². The van der Waals surface area contributed by atoms with Crippen LogP contribution in [-0.2, 0) is 14.4 Å². The average molecular weight is 423 g/mol. The first kappa shape index (κ1) is 24.1. The fourth-order valence-corrected chi connectivity index (χ4v) is 4.57. The Labute approximate surface area is 179 Å². The van der Waals surface area contributed by atoms with E-state index in [0.717, 1.165) is 19.1 Å². The highest BCUT2D eigenvalue weighted by Crippen LogP contribution is 2.28. The molecular weight excluding hydrogens is 384 g/mol. The fourth-order valence-electron chi connectivity index (χ4n) is 4.57. The molecule has 0 bridgehead atoms. The lowest BCUT2D eigenvalue weighted by Gasteiger charge is -2.31. The molecule has 1 aliphatic heterocycles. The van der Waals surface area contributed by atoms with Gasteiger partial charge in [-0.05, 0) is 45.1 Å². The summed E-state index contributed by atoms with van der Waals surface area (Å²) < 4.78 is 0. The Bertz CT molecular complexity index is 602. The fraction of sp³-hybridized carbons (Fsp3) is 0.810. The van der Waals surface area contributed by atoms with Crippen LogP contribution < -0.4 is 22.1 Å². The lowest BCUT2D eigenvalue weighted by molar-refractivity contribution is -0.140. The van der Waals surface area contributed by atoms with Gasteiger partial charge in [-0.25, -0.2) is 0 Å². The first-order valence-corrected chi connectivity index (χ1v) is 11.2. The van der Waals surface area contributed by atoms with Gasteiger partial charge in [0, 0.05) is 13.1 Å². The molecule has 1 saturated heterocycles. The Morgan fingerprint density at radius 1 is 1.17 bits per heavy atom. The molecule has 0 spiro atoms. The third-order valence-corrected chi connectivity index (χ3v) is 6.24. The van der Waals surface area contributed by atoms with E-state index in [1.54, 1.807) is 4.90 Å². The molecule has 0 unspecified atom stereocenters. The van der Waals surface area contributed by atoms with Crippen LogP contribution in [0.3, 0.4) is 0 Å². The van der Waals surface area contributed by atoms with Crippen LogP contribution in [0.2, 0.25) is 0 Å². The van der Waals surface area contributed by atoms with Crippen LogP contribution in [0.1, 0.15) is 64.2 Å². The molecule has 6 N–H and O–H groups in total. The second-order valence-electron chi connectivity index (χ2n) is 8.47. The van der Waals surface area contributed by atoms with Crippen molar-refractivity contribution in [2.24, 2.45) is 22.4 Å². The van der Waals surface area contributed by atoms with E-state index in [9.17, 15) is 14.4 Å². The summed E-state index contributed by atoms with van der Waals surface area (Å²) in [5.41, 5.74) is 10.6.